The minimum Gasteiger partial charge on any atom is -0.381 e. The highest BCUT2D eigenvalue weighted by Gasteiger charge is 2.39. The quantitative estimate of drug-likeness (QED) is 0.638. The van der Waals surface area contributed by atoms with E-state index in [1.807, 2.05) is 0 Å². The van der Waals surface area contributed by atoms with Crippen LogP contribution < -0.4 is 0 Å². The minimum atomic E-state index is 1.000. The molecule has 3 aliphatic heterocycles. The van der Waals surface area contributed by atoms with Crippen LogP contribution in [0.3, 0.4) is 0 Å². The lowest BCUT2D eigenvalue weighted by molar-refractivity contribution is 0.0710. The van der Waals surface area contributed by atoms with Crippen LogP contribution >= 0.6 is 0 Å². The molecule has 16 heavy (non-hydrogen) atoms. The summed E-state index contributed by atoms with van der Waals surface area (Å²) in [5, 5.41) is 0. The molecule has 0 N–H and O–H groups in total. The highest BCUT2D eigenvalue weighted by atomic mass is 16.5. The van der Waals surface area contributed by atoms with Gasteiger partial charge in [0.1, 0.15) is 6.71 Å². The van der Waals surface area contributed by atoms with Crippen molar-refractivity contribution in [3.05, 3.63) is 0 Å². The molecule has 0 aromatic carbocycles. The highest BCUT2D eigenvalue weighted by molar-refractivity contribution is 6.62. The van der Waals surface area contributed by atoms with Crippen LogP contribution in [0.5, 0.6) is 0 Å². The summed E-state index contributed by atoms with van der Waals surface area (Å²) in [7, 11) is 0. The number of rotatable bonds is 2. The second-order valence-electron chi connectivity index (χ2n) is 6.34. The fraction of sp³-hybridized carbons (Fsp3) is 1.00. The van der Waals surface area contributed by atoms with E-state index >= 15 is 0 Å². The smallest absolute Gasteiger partial charge is 0.146 e. The highest BCUT2D eigenvalue weighted by Crippen LogP contribution is 2.49. The summed E-state index contributed by atoms with van der Waals surface area (Å²) >= 11 is 0. The Morgan fingerprint density at radius 2 is 1.38 bits per heavy atom. The van der Waals surface area contributed by atoms with Gasteiger partial charge in [-0.2, -0.15) is 0 Å². The van der Waals surface area contributed by atoms with Gasteiger partial charge >= 0.3 is 0 Å². The number of hydrogen-bond acceptors (Lipinski definition) is 1. The van der Waals surface area contributed by atoms with Gasteiger partial charge in [-0.1, -0.05) is 56.5 Å². The Labute approximate surface area is 100 Å². The maximum absolute atomic E-state index is 5.48. The van der Waals surface area contributed by atoms with Crippen LogP contribution in [-0.2, 0) is 4.74 Å². The van der Waals surface area contributed by atoms with E-state index in [4.69, 9.17) is 4.74 Å². The van der Waals surface area contributed by atoms with E-state index < -0.39 is 0 Å². The first-order chi connectivity index (χ1) is 7.93. The molecule has 0 saturated carbocycles. The Morgan fingerprint density at radius 1 is 0.812 bits per heavy atom. The molecule has 3 fully saturated rings. The zero-order chi connectivity index (χ0) is 10.8. The second kappa shape index (κ2) is 5.12. The summed E-state index contributed by atoms with van der Waals surface area (Å²) in [6.45, 7) is 3.17. The van der Waals surface area contributed by atoms with E-state index in [0.29, 0.717) is 0 Å². The molecule has 3 saturated heterocycles. The average molecular weight is 220 g/mol. The van der Waals surface area contributed by atoms with Crippen molar-refractivity contribution in [2.75, 3.05) is 13.2 Å². The van der Waals surface area contributed by atoms with E-state index in [2.05, 4.69) is 0 Å². The van der Waals surface area contributed by atoms with Crippen molar-refractivity contribution in [3.8, 4) is 0 Å². The normalized spacial score (nSPS) is 36.4. The van der Waals surface area contributed by atoms with Gasteiger partial charge in [-0.3, -0.25) is 0 Å². The number of hydrogen-bond donors (Lipinski definition) is 0. The zero-order valence-corrected chi connectivity index (χ0v) is 10.5. The summed E-state index contributed by atoms with van der Waals surface area (Å²) in [6, 6.07) is 0. The molecule has 90 valence electrons. The second-order valence-corrected chi connectivity index (χ2v) is 6.34. The Bertz CT molecular complexity index is 203. The third-order valence-electron chi connectivity index (χ3n) is 5.46. The van der Waals surface area contributed by atoms with E-state index in [0.717, 1.165) is 37.5 Å². The molecule has 0 spiro atoms. The van der Waals surface area contributed by atoms with Gasteiger partial charge in [-0.05, 0) is 18.8 Å². The van der Waals surface area contributed by atoms with Crippen molar-refractivity contribution >= 4 is 6.71 Å². The van der Waals surface area contributed by atoms with Crippen LogP contribution in [0.1, 0.15) is 51.4 Å². The van der Waals surface area contributed by atoms with E-state index in [9.17, 15) is 0 Å². The predicted octanol–water partition coefficient (Wildman–Crippen LogP) is 4.02. The largest absolute Gasteiger partial charge is 0.381 e. The fourth-order valence-corrected chi connectivity index (χ4v) is 4.57. The molecule has 3 aliphatic rings. The molecule has 3 rings (SSSR count). The summed E-state index contributed by atoms with van der Waals surface area (Å²) in [6.07, 6.45) is 13.5. The number of ether oxygens (including phenoxy) is 1. The van der Waals surface area contributed by atoms with Crippen LogP contribution in [0.15, 0.2) is 0 Å². The SMILES string of the molecule is C1CC2CCCC(C1)B2CC1CCOCC1. The van der Waals surface area contributed by atoms with Crippen LogP contribution in [0.4, 0.5) is 0 Å². The van der Waals surface area contributed by atoms with E-state index in [-0.39, 0.29) is 0 Å². The molecule has 1 nitrogen and oxygen atoms in total. The zero-order valence-electron chi connectivity index (χ0n) is 10.5. The first-order valence-corrected chi connectivity index (χ1v) is 7.51. The van der Waals surface area contributed by atoms with E-state index in [1.165, 1.54) is 25.7 Å². The van der Waals surface area contributed by atoms with Gasteiger partial charge in [0.2, 0.25) is 0 Å². The molecule has 3 heterocycles. The molecule has 0 aliphatic carbocycles. The van der Waals surface area contributed by atoms with Crippen molar-refractivity contribution < 1.29 is 4.74 Å². The van der Waals surface area contributed by atoms with Gasteiger partial charge in [0.05, 0.1) is 0 Å². The third-order valence-corrected chi connectivity index (χ3v) is 5.46. The average Bonchev–Trinajstić information content (AvgIpc) is 2.30. The van der Waals surface area contributed by atoms with Crippen LogP contribution in [0, 0.1) is 5.92 Å². The minimum absolute atomic E-state index is 1.000. The topological polar surface area (TPSA) is 9.23 Å². The molecular formula is C14H25BO. The third kappa shape index (κ3) is 2.32. The molecule has 0 aromatic rings. The molecule has 0 unspecified atom stereocenters. The van der Waals surface area contributed by atoms with Crippen LogP contribution in [0.25, 0.3) is 0 Å². The Hall–Kier alpha value is 0.0249. The molecule has 0 aromatic heterocycles. The van der Waals surface area contributed by atoms with Crippen LogP contribution in [0.2, 0.25) is 18.0 Å². The fourth-order valence-electron chi connectivity index (χ4n) is 4.57. The molecule has 0 atom stereocenters. The molecule has 0 amide bonds. The van der Waals surface area contributed by atoms with Gasteiger partial charge in [0, 0.05) is 13.2 Å². The van der Waals surface area contributed by atoms with Gasteiger partial charge in [0.15, 0.2) is 0 Å². The molecule has 2 bridgehead atoms. The van der Waals surface area contributed by atoms with Gasteiger partial charge in [-0.25, -0.2) is 0 Å². The lowest BCUT2D eigenvalue weighted by atomic mass is 9.25. The summed E-state index contributed by atoms with van der Waals surface area (Å²) in [5.74, 6) is 3.21. The first-order valence-electron chi connectivity index (χ1n) is 7.51. The van der Waals surface area contributed by atoms with Gasteiger partial charge in [-0.15, -0.1) is 0 Å². The monoisotopic (exact) mass is 220 g/mol. The summed E-state index contributed by atoms with van der Waals surface area (Å²) in [5.41, 5.74) is 0. The maximum atomic E-state index is 5.48. The van der Waals surface area contributed by atoms with Crippen molar-refractivity contribution in [2.45, 2.75) is 69.3 Å². The van der Waals surface area contributed by atoms with Crippen molar-refractivity contribution in [3.63, 3.8) is 0 Å². The summed E-state index contributed by atoms with van der Waals surface area (Å²) < 4.78 is 5.48. The first kappa shape index (κ1) is 11.1. The maximum Gasteiger partial charge on any atom is 0.146 e. The Kier molecular flexibility index (Phi) is 3.56. The molecular weight excluding hydrogens is 195 g/mol. The predicted molar refractivity (Wildman–Crippen MR) is 69.3 cm³/mol. The summed E-state index contributed by atoms with van der Waals surface area (Å²) in [4.78, 5) is 0. The van der Waals surface area contributed by atoms with Gasteiger partial charge < -0.3 is 4.74 Å². The van der Waals surface area contributed by atoms with Crippen molar-refractivity contribution in [1.82, 2.24) is 0 Å². The number of fused-ring (bicyclic) bond motifs is 2. The molecule has 2 heteroatoms. The lowest BCUT2D eigenvalue weighted by Gasteiger charge is -2.42. The lowest BCUT2D eigenvalue weighted by Crippen LogP contribution is -2.36. The Morgan fingerprint density at radius 3 is 1.94 bits per heavy atom. The van der Waals surface area contributed by atoms with E-state index in [1.54, 1.807) is 32.0 Å². The standard InChI is InChI=1S/C14H25BO/c1-3-13-5-2-6-14(4-1)15(13)11-12-7-9-16-10-8-12/h12-14H,1-11H2. The van der Waals surface area contributed by atoms with Gasteiger partial charge in [0.25, 0.3) is 0 Å². The Balaban J connectivity index is 1.59. The van der Waals surface area contributed by atoms with Crippen LogP contribution in [-0.4, -0.2) is 19.9 Å². The van der Waals surface area contributed by atoms with Crippen molar-refractivity contribution in [2.24, 2.45) is 5.92 Å². The molecule has 0 radical (unpaired) electrons. The van der Waals surface area contributed by atoms with Crippen molar-refractivity contribution in [1.29, 1.82) is 0 Å².